The van der Waals surface area contributed by atoms with Gasteiger partial charge >= 0.3 is 0 Å². The molecule has 0 saturated carbocycles. The summed E-state index contributed by atoms with van der Waals surface area (Å²) in [6, 6.07) is 13.9. The second-order valence-corrected chi connectivity index (χ2v) is 4.85. The van der Waals surface area contributed by atoms with Crippen LogP contribution in [0, 0.1) is 13.8 Å². The Bertz CT molecular complexity index is 581. The number of hydrogen-bond acceptors (Lipinski definition) is 3. The molecule has 0 radical (unpaired) electrons. The van der Waals surface area contributed by atoms with Gasteiger partial charge in [-0.05, 0) is 37.1 Å². The first-order chi connectivity index (χ1) is 9.65. The van der Waals surface area contributed by atoms with Crippen LogP contribution in [0.3, 0.4) is 0 Å². The molecule has 0 bridgehead atoms. The Labute approximate surface area is 120 Å². The van der Waals surface area contributed by atoms with Crippen molar-refractivity contribution >= 4 is 0 Å². The smallest absolute Gasteiger partial charge is 0.162 e. The summed E-state index contributed by atoms with van der Waals surface area (Å²) in [4.78, 5) is 0. The van der Waals surface area contributed by atoms with Crippen LogP contribution in [0.5, 0.6) is 11.5 Å². The van der Waals surface area contributed by atoms with Crippen LogP contribution in [0.2, 0.25) is 0 Å². The summed E-state index contributed by atoms with van der Waals surface area (Å²) in [7, 11) is 1.64. The highest BCUT2D eigenvalue weighted by atomic mass is 16.5. The molecule has 2 aromatic rings. The zero-order valence-corrected chi connectivity index (χ0v) is 12.2. The molecule has 1 atom stereocenters. The lowest BCUT2D eigenvalue weighted by Crippen LogP contribution is -2.19. The fraction of sp³-hybridized carbons (Fsp3) is 0.294. The van der Waals surface area contributed by atoms with Crippen molar-refractivity contribution in [2.75, 3.05) is 13.7 Å². The van der Waals surface area contributed by atoms with Gasteiger partial charge in [0.25, 0.3) is 0 Å². The maximum Gasteiger partial charge on any atom is 0.162 e. The summed E-state index contributed by atoms with van der Waals surface area (Å²) in [5.74, 6) is 1.43. The van der Waals surface area contributed by atoms with Gasteiger partial charge in [-0.25, -0.2) is 0 Å². The summed E-state index contributed by atoms with van der Waals surface area (Å²) in [6.45, 7) is 4.56. The number of benzene rings is 2. The van der Waals surface area contributed by atoms with Crippen LogP contribution in [0.15, 0.2) is 42.5 Å². The Morgan fingerprint density at radius 3 is 2.40 bits per heavy atom. The van der Waals surface area contributed by atoms with E-state index in [9.17, 15) is 0 Å². The number of hydrogen-bond donors (Lipinski definition) is 1. The number of ether oxygens (including phenoxy) is 2. The Morgan fingerprint density at radius 2 is 1.75 bits per heavy atom. The number of nitrogens with two attached hydrogens (primary N) is 1. The Hall–Kier alpha value is -2.00. The molecule has 0 fully saturated rings. The Morgan fingerprint density at radius 1 is 1.05 bits per heavy atom. The molecule has 1 unspecified atom stereocenters. The van der Waals surface area contributed by atoms with Crippen molar-refractivity contribution in [3.63, 3.8) is 0 Å². The van der Waals surface area contributed by atoms with E-state index in [4.69, 9.17) is 15.2 Å². The van der Waals surface area contributed by atoms with Crippen LogP contribution in [-0.4, -0.2) is 13.7 Å². The molecule has 0 aromatic heterocycles. The predicted octanol–water partition coefficient (Wildman–Crippen LogP) is 3.39. The molecule has 0 aliphatic carbocycles. The minimum absolute atomic E-state index is 0.175. The summed E-state index contributed by atoms with van der Waals surface area (Å²) >= 11 is 0. The molecule has 0 spiro atoms. The normalized spacial score (nSPS) is 12.0. The van der Waals surface area contributed by atoms with Gasteiger partial charge in [0.1, 0.15) is 6.10 Å². The number of para-hydroxylation sites is 2. The summed E-state index contributed by atoms with van der Waals surface area (Å²) < 4.78 is 11.4. The molecular formula is C17H21NO2. The van der Waals surface area contributed by atoms with Crippen LogP contribution in [0.1, 0.15) is 22.8 Å². The Balaban J connectivity index is 2.31. The number of aryl methyl sites for hydroxylation is 2. The molecule has 0 amide bonds. The molecule has 0 aliphatic rings. The first kappa shape index (κ1) is 14.4. The zero-order valence-electron chi connectivity index (χ0n) is 12.2. The van der Waals surface area contributed by atoms with Crippen molar-refractivity contribution in [3.8, 4) is 11.5 Å². The molecule has 106 valence electrons. The molecule has 20 heavy (non-hydrogen) atoms. The highest BCUT2D eigenvalue weighted by Gasteiger charge is 2.16. The number of methoxy groups -OCH3 is 1. The van der Waals surface area contributed by atoms with E-state index < -0.39 is 0 Å². The largest absolute Gasteiger partial charge is 0.493 e. The minimum Gasteiger partial charge on any atom is -0.493 e. The van der Waals surface area contributed by atoms with Gasteiger partial charge < -0.3 is 15.2 Å². The first-order valence-corrected chi connectivity index (χ1v) is 6.72. The molecule has 0 saturated heterocycles. The molecule has 0 aliphatic heterocycles. The van der Waals surface area contributed by atoms with E-state index in [1.807, 2.05) is 24.3 Å². The van der Waals surface area contributed by atoms with Gasteiger partial charge in [0, 0.05) is 6.54 Å². The third-order valence-electron chi connectivity index (χ3n) is 3.33. The number of rotatable bonds is 5. The van der Waals surface area contributed by atoms with Crippen LogP contribution < -0.4 is 15.2 Å². The topological polar surface area (TPSA) is 44.5 Å². The van der Waals surface area contributed by atoms with Gasteiger partial charge in [0.15, 0.2) is 11.5 Å². The van der Waals surface area contributed by atoms with Gasteiger partial charge in [-0.15, -0.1) is 0 Å². The van der Waals surface area contributed by atoms with E-state index in [0.717, 1.165) is 11.3 Å². The Kier molecular flexibility index (Phi) is 4.64. The SMILES string of the molecule is COc1ccccc1OC(CN)c1cc(C)ccc1C. The third-order valence-corrected chi connectivity index (χ3v) is 3.33. The maximum absolute atomic E-state index is 6.06. The average molecular weight is 271 g/mol. The highest BCUT2D eigenvalue weighted by molar-refractivity contribution is 5.41. The highest BCUT2D eigenvalue weighted by Crippen LogP contribution is 2.31. The van der Waals surface area contributed by atoms with Crippen molar-refractivity contribution in [1.82, 2.24) is 0 Å². The molecule has 3 heteroatoms. The monoisotopic (exact) mass is 271 g/mol. The lowest BCUT2D eigenvalue weighted by atomic mass is 10.0. The third kappa shape index (κ3) is 3.11. The fourth-order valence-electron chi connectivity index (χ4n) is 2.21. The fourth-order valence-corrected chi connectivity index (χ4v) is 2.21. The van der Waals surface area contributed by atoms with Crippen molar-refractivity contribution < 1.29 is 9.47 Å². The van der Waals surface area contributed by atoms with E-state index in [1.54, 1.807) is 7.11 Å². The summed E-state index contributed by atoms with van der Waals surface area (Å²) in [6.07, 6.45) is -0.175. The zero-order chi connectivity index (χ0) is 14.5. The van der Waals surface area contributed by atoms with Crippen LogP contribution in [0.25, 0.3) is 0 Å². The van der Waals surface area contributed by atoms with Crippen LogP contribution in [-0.2, 0) is 0 Å². The summed E-state index contributed by atoms with van der Waals surface area (Å²) in [5.41, 5.74) is 9.40. The van der Waals surface area contributed by atoms with E-state index in [0.29, 0.717) is 12.3 Å². The van der Waals surface area contributed by atoms with Crippen molar-refractivity contribution in [3.05, 3.63) is 59.2 Å². The molecular weight excluding hydrogens is 250 g/mol. The molecule has 2 N–H and O–H groups in total. The molecule has 2 aromatic carbocycles. The van der Waals surface area contributed by atoms with Gasteiger partial charge in [0.05, 0.1) is 7.11 Å². The lowest BCUT2D eigenvalue weighted by molar-refractivity contribution is 0.204. The first-order valence-electron chi connectivity index (χ1n) is 6.72. The van der Waals surface area contributed by atoms with E-state index in [1.165, 1.54) is 11.1 Å². The second kappa shape index (κ2) is 6.44. The molecule has 3 nitrogen and oxygen atoms in total. The van der Waals surface area contributed by atoms with Gasteiger partial charge in [-0.1, -0.05) is 35.9 Å². The van der Waals surface area contributed by atoms with E-state index in [-0.39, 0.29) is 6.10 Å². The molecule has 0 heterocycles. The molecule has 2 rings (SSSR count). The minimum atomic E-state index is -0.175. The van der Waals surface area contributed by atoms with E-state index in [2.05, 4.69) is 32.0 Å². The van der Waals surface area contributed by atoms with Crippen LogP contribution in [0.4, 0.5) is 0 Å². The maximum atomic E-state index is 6.06. The van der Waals surface area contributed by atoms with Gasteiger partial charge in [0.2, 0.25) is 0 Å². The van der Waals surface area contributed by atoms with E-state index >= 15 is 0 Å². The average Bonchev–Trinajstić information content (AvgIpc) is 2.48. The van der Waals surface area contributed by atoms with Gasteiger partial charge in [-0.2, -0.15) is 0 Å². The second-order valence-electron chi connectivity index (χ2n) is 4.85. The quantitative estimate of drug-likeness (QED) is 0.906. The van der Waals surface area contributed by atoms with Crippen molar-refractivity contribution in [2.45, 2.75) is 20.0 Å². The van der Waals surface area contributed by atoms with Crippen molar-refractivity contribution in [2.24, 2.45) is 5.73 Å². The lowest BCUT2D eigenvalue weighted by Gasteiger charge is -2.21. The summed E-state index contributed by atoms with van der Waals surface area (Å²) in [5, 5.41) is 0. The van der Waals surface area contributed by atoms with Crippen molar-refractivity contribution in [1.29, 1.82) is 0 Å². The van der Waals surface area contributed by atoms with Crippen LogP contribution >= 0.6 is 0 Å². The predicted molar refractivity (Wildman–Crippen MR) is 81.3 cm³/mol. The standard InChI is InChI=1S/C17H21NO2/c1-12-8-9-13(2)14(10-12)17(11-18)20-16-7-5-4-6-15(16)19-3/h4-10,17H,11,18H2,1-3H3. The van der Waals surface area contributed by atoms with Gasteiger partial charge in [-0.3, -0.25) is 0 Å².